The van der Waals surface area contributed by atoms with Crippen molar-refractivity contribution in [1.29, 1.82) is 0 Å². The SMILES string of the molecule is CCOc1ccc(N2C(=O)/C(=C/c3cn(CCOc4ccccc4)c4ccc(Br)cc34)N(CC(=O)OC)C2=S)cc1. The molecule has 1 aromatic heterocycles. The average Bonchev–Trinajstić information content (AvgIpc) is 3.43. The quantitative estimate of drug-likeness (QED) is 0.120. The Bertz CT molecular complexity index is 1620. The Balaban J connectivity index is 1.51. The summed E-state index contributed by atoms with van der Waals surface area (Å²) >= 11 is 9.28. The van der Waals surface area contributed by atoms with Crippen molar-refractivity contribution in [1.82, 2.24) is 9.47 Å². The van der Waals surface area contributed by atoms with E-state index in [1.165, 1.54) is 16.9 Å². The normalized spacial score (nSPS) is 14.3. The van der Waals surface area contributed by atoms with Crippen LogP contribution in [-0.4, -0.2) is 53.3 Å². The zero-order valence-electron chi connectivity index (χ0n) is 22.6. The molecule has 8 nitrogen and oxygen atoms in total. The number of aromatic nitrogens is 1. The molecule has 0 N–H and O–H groups in total. The van der Waals surface area contributed by atoms with Crippen LogP contribution in [0.4, 0.5) is 5.69 Å². The third kappa shape index (κ3) is 6.13. The number of hydrogen-bond acceptors (Lipinski definition) is 6. The minimum absolute atomic E-state index is 0.192. The number of carbonyl (C=O) groups excluding carboxylic acids is 2. The van der Waals surface area contributed by atoms with Crippen molar-refractivity contribution in [3.05, 3.63) is 94.7 Å². The predicted octanol–water partition coefficient (Wildman–Crippen LogP) is 6.03. The summed E-state index contributed by atoms with van der Waals surface area (Å²) in [6, 6.07) is 22.7. The second kappa shape index (κ2) is 12.6. The van der Waals surface area contributed by atoms with E-state index in [2.05, 4.69) is 20.5 Å². The molecule has 0 spiro atoms. The van der Waals surface area contributed by atoms with Gasteiger partial charge in [0, 0.05) is 27.1 Å². The number of fused-ring (bicyclic) bond motifs is 1. The number of methoxy groups -OCH3 is 1. The standard InChI is InChI=1S/C31H28BrN3O5S/c1-3-39-25-12-10-23(11-13-25)35-30(37)28(34(31(35)41)20-29(36)38-2)17-21-19-33(27-14-9-22(32)18-26(21)27)15-16-40-24-7-5-4-6-8-24/h4-14,17-19H,3,15-16,20H2,1-2H3/b28-17-. The topological polar surface area (TPSA) is 73.2 Å². The molecule has 1 aliphatic heterocycles. The van der Waals surface area contributed by atoms with Gasteiger partial charge in [-0.2, -0.15) is 0 Å². The Morgan fingerprint density at radius 1 is 1.00 bits per heavy atom. The maximum Gasteiger partial charge on any atom is 0.325 e. The van der Waals surface area contributed by atoms with E-state index in [-0.39, 0.29) is 23.3 Å². The smallest absolute Gasteiger partial charge is 0.325 e. The summed E-state index contributed by atoms with van der Waals surface area (Å²) in [4.78, 5) is 29.1. The number of thiocarbonyl (C=S) groups is 1. The largest absolute Gasteiger partial charge is 0.494 e. The van der Waals surface area contributed by atoms with Gasteiger partial charge in [0.1, 0.15) is 30.3 Å². The number of nitrogens with zero attached hydrogens (tertiary/aromatic N) is 3. The van der Waals surface area contributed by atoms with Crippen molar-refractivity contribution < 1.29 is 23.8 Å². The molecule has 0 aliphatic carbocycles. The van der Waals surface area contributed by atoms with Gasteiger partial charge >= 0.3 is 5.97 Å². The summed E-state index contributed by atoms with van der Waals surface area (Å²) in [6.07, 6.45) is 3.75. The molecule has 0 radical (unpaired) electrons. The summed E-state index contributed by atoms with van der Waals surface area (Å²) in [5.74, 6) is 0.631. The van der Waals surface area contributed by atoms with Crippen LogP contribution in [0.15, 0.2) is 89.2 Å². The fourth-order valence-corrected chi connectivity index (χ4v) is 5.35. The van der Waals surface area contributed by atoms with Crippen LogP contribution in [0.2, 0.25) is 0 Å². The van der Waals surface area contributed by atoms with Gasteiger partial charge < -0.3 is 23.7 Å². The van der Waals surface area contributed by atoms with Gasteiger partial charge in [-0.1, -0.05) is 34.1 Å². The summed E-state index contributed by atoms with van der Waals surface area (Å²) in [6.45, 7) is 3.28. The Morgan fingerprint density at radius 2 is 1.73 bits per heavy atom. The van der Waals surface area contributed by atoms with Gasteiger partial charge in [-0.15, -0.1) is 0 Å². The summed E-state index contributed by atoms with van der Waals surface area (Å²) in [7, 11) is 1.31. The number of rotatable bonds is 10. The summed E-state index contributed by atoms with van der Waals surface area (Å²) < 4.78 is 19.4. The number of para-hydroxylation sites is 1. The highest BCUT2D eigenvalue weighted by Gasteiger charge is 2.40. The van der Waals surface area contributed by atoms with E-state index in [9.17, 15) is 9.59 Å². The maximum absolute atomic E-state index is 13.9. The fourth-order valence-electron chi connectivity index (χ4n) is 4.64. The second-order valence-electron chi connectivity index (χ2n) is 9.14. The number of amides is 1. The van der Waals surface area contributed by atoms with Gasteiger partial charge in [0.25, 0.3) is 5.91 Å². The van der Waals surface area contributed by atoms with Crippen LogP contribution in [0.25, 0.3) is 17.0 Å². The Morgan fingerprint density at radius 3 is 2.44 bits per heavy atom. The highest BCUT2D eigenvalue weighted by atomic mass is 79.9. The monoisotopic (exact) mass is 633 g/mol. The van der Waals surface area contributed by atoms with Gasteiger partial charge in [-0.25, -0.2) is 0 Å². The zero-order valence-corrected chi connectivity index (χ0v) is 25.0. The van der Waals surface area contributed by atoms with E-state index in [1.54, 1.807) is 30.3 Å². The fraction of sp³-hybridized carbons (Fsp3) is 0.194. The van der Waals surface area contributed by atoms with Crippen molar-refractivity contribution >= 4 is 67.8 Å². The first-order valence-electron chi connectivity index (χ1n) is 13.0. The molecule has 0 unspecified atom stereocenters. The molecule has 41 heavy (non-hydrogen) atoms. The van der Waals surface area contributed by atoms with Crippen molar-refractivity contribution in [3.63, 3.8) is 0 Å². The molecule has 5 rings (SSSR count). The number of benzene rings is 3. The van der Waals surface area contributed by atoms with Crippen molar-refractivity contribution in [3.8, 4) is 11.5 Å². The molecule has 2 heterocycles. The first-order chi connectivity index (χ1) is 19.9. The molecule has 1 amide bonds. The molecule has 1 fully saturated rings. The number of halogens is 1. The number of carbonyl (C=O) groups is 2. The lowest BCUT2D eigenvalue weighted by molar-refractivity contribution is -0.140. The van der Waals surface area contributed by atoms with Crippen LogP contribution < -0.4 is 14.4 Å². The minimum Gasteiger partial charge on any atom is -0.494 e. The third-order valence-electron chi connectivity index (χ3n) is 6.57. The second-order valence-corrected chi connectivity index (χ2v) is 10.4. The van der Waals surface area contributed by atoms with Crippen molar-refractivity contribution in [2.24, 2.45) is 0 Å². The van der Waals surface area contributed by atoms with Gasteiger partial charge in [-0.3, -0.25) is 14.5 Å². The van der Waals surface area contributed by atoms with E-state index < -0.39 is 5.97 Å². The van der Waals surface area contributed by atoms with E-state index >= 15 is 0 Å². The average molecular weight is 635 g/mol. The van der Waals surface area contributed by atoms with Gasteiger partial charge in [0.05, 0.1) is 25.9 Å². The molecule has 3 aromatic carbocycles. The molecule has 1 aliphatic rings. The Kier molecular flexibility index (Phi) is 8.70. The Hall–Kier alpha value is -4.15. The van der Waals surface area contributed by atoms with Crippen LogP contribution in [-0.2, 0) is 20.9 Å². The lowest BCUT2D eigenvalue weighted by atomic mass is 10.1. The van der Waals surface area contributed by atoms with Gasteiger partial charge in [0.15, 0.2) is 5.11 Å². The van der Waals surface area contributed by atoms with E-state index in [4.69, 9.17) is 26.4 Å². The molecule has 1 saturated heterocycles. The molecule has 0 saturated carbocycles. The van der Waals surface area contributed by atoms with E-state index in [0.29, 0.717) is 31.2 Å². The molecule has 0 atom stereocenters. The minimum atomic E-state index is -0.511. The molecule has 210 valence electrons. The number of anilines is 1. The lowest BCUT2D eigenvalue weighted by Gasteiger charge is -2.19. The Labute approximate surface area is 251 Å². The molecule has 10 heteroatoms. The van der Waals surface area contributed by atoms with Crippen LogP contribution in [0.5, 0.6) is 11.5 Å². The van der Waals surface area contributed by atoms with E-state index in [1.807, 2.05) is 61.7 Å². The predicted molar refractivity (Wildman–Crippen MR) is 166 cm³/mol. The number of ether oxygens (including phenoxy) is 3. The van der Waals surface area contributed by atoms with Gasteiger partial charge in [0.2, 0.25) is 0 Å². The van der Waals surface area contributed by atoms with Crippen molar-refractivity contribution in [2.75, 3.05) is 31.8 Å². The van der Waals surface area contributed by atoms with Crippen LogP contribution >= 0.6 is 28.1 Å². The van der Waals surface area contributed by atoms with Crippen LogP contribution in [0, 0.1) is 0 Å². The molecular weight excluding hydrogens is 606 g/mol. The summed E-state index contributed by atoms with van der Waals surface area (Å²) in [5.41, 5.74) is 2.63. The number of hydrogen-bond donors (Lipinski definition) is 0. The molecular formula is C31H28BrN3O5S. The maximum atomic E-state index is 13.9. The van der Waals surface area contributed by atoms with E-state index in [0.717, 1.165) is 26.7 Å². The van der Waals surface area contributed by atoms with Gasteiger partial charge in [-0.05, 0) is 79.8 Å². The number of esters is 1. The highest BCUT2D eigenvalue weighted by Crippen LogP contribution is 2.33. The molecule has 0 bridgehead atoms. The summed E-state index contributed by atoms with van der Waals surface area (Å²) in [5, 5.41) is 1.12. The lowest BCUT2D eigenvalue weighted by Crippen LogP contribution is -2.35. The van der Waals surface area contributed by atoms with Crippen LogP contribution in [0.3, 0.4) is 0 Å². The third-order valence-corrected chi connectivity index (χ3v) is 7.46. The highest BCUT2D eigenvalue weighted by molar-refractivity contribution is 9.10. The zero-order chi connectivity index (χ0) is 28.9. The first-order valence-corrected chi connectivity index (χ1v) is 14.2. The van der Waals surface area contributed by atoms with Crippen molar-refractivity contribution in [2.45, 2.75) is 13.5 Å². The molecule has 4 aromatic rings. The first kappa shape index (κ1) is 28.4. The van der Waals surface area contributed by atoms with Crippen LogP contribution in [0.1, 0.15) is 12.5 Å².